The van der Waals surface area contributed by atoms with Gasteiger partial charge in [-0.2, -0.15) is 15.0 Å². The average Bonchev–Trinajstić information content (AvgIpc) is 2.69. The molecule has 0 amide bonds. The lowest BCUT2D eigenvalue weighted by molar-refractivity contribution is 0.311. The van der Waals surface area contributed by atoms with Gasteiger partial charge < -0.3 is 26.8 Å². The van der Waals surface area contributed by atoms with Crippen LogP contribution in [0.2, 0.25) is 0 Å². The molecule has 0 saturated heterocycles. The zero-order chi connectivity index (χ0) is 18.9. The molecule has 1 aromatic heterocycles. The molecule has 0 unspecified atom stereocenters. The van der Waals surface area contributed by atoms with Crippen LogP contribution < -0.4 is 21.7 Å². The number of nitrogen functional groups attached to an aromatic ring is 1. The van der Waals surface area contributed by atoms with E-state index in [2.05, 4.69) is 30.9 Å². The second-order valence-corrected chi connectivity index (χ2v) is 5.87. The molecule has 0 atom stereocenters. The Labute approximate surface area is 157 Å². The molecule has 0 aliphatic heterocycles. The first-order chi connectivity index (χ1) is 13.2. The Balaban J connectivity index is 1.68. The van der Waals surface area contributed by atoms with E-state index in [9.17, 15) is 0 Å². The minimum atomic E-state index is -0.00691. The number of aliphatic hydroxyl groups is 1. The number of hydrogen-bond acceptors (Lipinski definition) is 8. The maximum atomic E-state index is 9.01. The summed E-state index contributed by atoms with van der Waals surface area (Å²) in [5.74, 6) is 1.28. The van der Waals surface area contributed by atoms with E-state index in [0.29, 0.717) is 30.9 Å². The summed E-state index contributed by atoms with van der Waals surface area (Å²) < 4.78 is 0. The second kappa shape index (κ2) is 9.35. The Kier molecular flexibility index (Phi) is 6.37. The maximum Gasteiger partial charge on any atom is 0.233 e. The van der Waals surface area contributed by atoms with Gasteiger partial charge in [-0.05, 0) is 36.2 Å². The van der Waals surface area contributed by atoms with Crippen LogP contribution in [0.4, 0.5) is 29.2 Å². The van der Waals surface area contributed by atoms with Gasteiger partial charge in [0.05, 0.1) is 6.61 Å². The van der Waals surface area contributed by atoms with E-state index < -0.39 is 0 Å². The van der Waals surface area contributed by atoms with E-state index in [1.54, 1.807) is 0 Å². The second-order valence-electron chi connectivity index (χ2n) is 5.87. The van der Waals surface area contributed by atoms with E-state index in [1.165, 1.54) is 5.56 Å². The zero-order valence-corrected chi connectivity index (χ0v) is 14.9. The molecule has 8 heteroatoms. The first-order valence-corrected chi connectivity index (χ1v) is 8.74. The number of hydrogen-bond donors (Lipinski definition) is 5. The van der Waals surface area contributed by atoms with E-state index in [-0.39, 0.29) is 6.61 Å². The maximum absolute atomic E-state index is 9.01. The minimum Gasteiger partial charge on any atom is -0.399 e. The first-order valence-electron chi connectivity index (χ1n) is 8.74. The van der Waals surface area contributed by atoms with Gasteiger partial charge in [0.25, 0.3) is 0 Å². The van der Waals surface area contributed by atoms with Gasteiger partial charge in [0.2, 0.25) is 17.8 Å². The smallest absolute Gasteiger partial charge is 0.233 e. The SMILES string of the molecule is Nc1ccc(CCNc2nc(NCCO)nc(Nc3ccccc3)n2)cc1. The molecule has 140 valence electrons. The molecule has 0 aliphatic rings. The van der Waals surface area contributed by atoms with Crippen molar-refractivity contribution < 1.29 is 5.11 Å². The molecule has 0 aliphatic carbocycles. The van der Waals surface area contributed by atoms with Gasteiger partial charge in [0.1, 0.15) is 0 Å². The van der Waals surface area contributed by atoms with Gasteiger partial charge in [-0.15, -0.1) is 0 Å². The molecule has 2 aromatic carbocycles. The lowest BCUT2D eigenvalue weighted by atomic mass is 10.1. The van der Waals surface area contributed by atoms with Crippen molar-refractivity contribution in [1.82, 2.24) is 15.0 Å². The van der Waals surface area contributed by atoms with Crippen molar-refractivity contribution in [3.8, 4) is 0 Å². The van der Waals surface area contributed by atoms with Crippen molar-refractivity contribution in [3.63, 3.8) is 0 Å². The molecule has 0 radical (unpaired) electrons. The number of aromatic nitrogens is 3. The quantitative estimate of drug-likeness (QED) is 0.366. The predicted molar refractivity (Wildman–Crippen MR) is 108 cm³/mol. The summed E-state index contributed by atoms with van der Waals surface area (Å²) >= 11 is 0. The monoisotopic (exact) mass is 365 g/mol. The standard InChI is InChI=1S/C19H23N7O/c20-15-8-6-14(7-9-15)10-11-21-17-24-18(22-12-13-27)26-19(25-17)23-16-4-2-1-3-5-16/h1-9,27H,10-13,20H2,(H3,21,22,23,24,25,26). The van der Waals surface area contributed by atoms with Crippen LogP contribution in [0.1, 0.15) is 5.56 Å². The Morgan fingerprint density at radius 3 is 2.07 bits per heavy atom. The average molecular weight is 365 g/mol. The number of benzene rings is 2. The lowest BCUT2D eigenvalue weighted by Gasteiger charge is -2.11. The summed E-state index contributed by atoms with van der Waals surface area (Å²) in [4.78, 5) is 13.1. The fraction of sp³-hybridized carbons (Fsp3) is 0.211. The zero-order valence-electron chi connectivity index (χ0n) is 14.9. The van der Waals surface area contributed by atoms with Gasteiger partial charge in [-0.1, -0.05) is 30.3 Å². The molecule has 27 heavy (non-hydrogen) atoms. The van der Waals surface area contributed by atoms with Crippen molar-refractivity contribution in [2.24, 2.45) is 0 Å². The van der Waals surface area contributed by atoms with E-state index in [1.807, 2.05) is 54.6 Å². The number of nitrogens with one attached hydrogen (secondary N) is 3. The van der Waals surface area contributed by atoms with Crippen molar-refractivity contribution in [2.45, 2.75) is 6.42 Å². The Morgan fingerprint density at radius 1 is 0.778 bits per heavy atom. The number of anilines is 5. The predicted octanol–water partition coefficient (Wildman–Crippen LogP) is 2.26. The summed E-state index contributed by atoms with van der Waals surface area (Å²) in [6.45, 7) is 1.02. The van der Waals surface area contributed by atoms with Crippen LogP contribution in [0.15, 0.2) is 54.6 Å². The molecule has 6 N–H and O–H groups in total. The highest BCUT2D eigenvalue weighted by Crippen LogP contribution is 2.15. The van der Waals surface area contributed by atoms with Crippen molar-refractivity contribution in [2.75, 3.05) is 41.4 Å². The van der Waals surface area contributed by atoms with Crippen LogP contribution in [0.25, 0.3) is 0 Å². The molecule has 0 spiro atoms. The van der Waals surface area contributed by atoms with E-state index in [0.717, 1.165) is 17.8 Å². The molecule has 3 aromatic rings. The Bertz CT molecular complexity index is 840. The summed E-state index contributed by atoms with van der Waals surface area (Å²) in [5.41, 5.74) is 8.51. The van der Waals surface area contributed by atoms with Gasteiger partial charge >= 0.3 is 0 Å². The van der Waals surface area contributed by atoms with Crippen LogP contribution in [-0.4, -0.2) is 39.8 Å². The number of rotatable bonds is 9. The molecular formula is C19H23N7O. The minimum absolute atomic E-state index is 0.00691. The van der Waals surface area contributed by atoms with Crippen LogP contribution >= 0.6 is 0 Å². The highest BCUT2D eigenvalue weighted by molar-refractivity contribution is 5.55. The molecule has 0 saturated carbocycles. The first kappa shape index (κ1) is 18.4. The molecular weight excluding hydrogens is 342 g/mol. The van der Waals surface area contributed by atoms with E-state index in [4.69, 9.17) is 10.8 Å². The van der Waals surface area contributed by atoms with E-state index >= 15 is 0 Å². The van der Waals surface area contributed by atoms with Gasteiger partial charge in [0, 0.05) is 24.5 Å². The number of aliphatic hydroxyl groups excluding tert-OH is 1. The Morgan fingerprint density at radius 2 is 1.41 bits per heavy atom. The molecule has 0 bridgehead atoms. The lowest BCUT2D eigenvalue weighted by Crippen LogP contribution is -2.14. The van der Waals surface area contributed by atoms with Gasteiger partial charge in [-0.3, -0.25) is 0 Å². The number of para-hydroxylation sites is 1. The van der Waals surface area contributed by atoms with Crippen LogP contribution in [0.3, 0.4) is 0 Å². The number of nitrogens with zero attached hydrogens (tertiary/aromatic N) is 3. The third-order valence-electron chi connectivity index (χ3n) is 3.74. The molecule has 8 nitrogen and oxygen atoms in total. The Hall–Kier alpha value is -3.39. The summed E-state index contributed by atoms with van der Waals surface area (Å²) in [7, 11) is 0. The highest BCUT2D eigenvalue weighted by atomic mass is 16.3. The summed E-state index contributed by atoms with van der Waals surface area (Å²) in [6.07, 6.45) is 0.812. The summed E-state index contributed by atoms with van der Waals surface area (Å²) in [5, 5.41) is 18.4. The third-order valence-corrected chi connectivity index (χ3v) is 3.74. The number of nitrogens with two attached hydrogens (primary N) is 1. The largest absolute Gasteiger partial charge is 0.399 e. The van der Waals surface area contributed by atoms with Gasteiger partial charge in [-0.25, -0.2) is 0 Å². The summed E-state index contributed by atoms with van der Waals surface area (Å²) in [6, 6.07) is 17.4. The molecule has 0 fully saturated rings. The van der Waals surface area contributed by atoms with Crippen molar-refractivity contribution in [3.05, 3.63) is 60.2 Å². The third kappa shape index (κ3) is 5.82. The van der Waals surface area contributed by atoms with Crippen LogP contribution in [0.5, 0.6) is 0 Å². The van der Waals surface area contributed by atoms with Crippen molar-refractivity contribution in [1.29, 1.82) is 0 Å². The fourth-order valence-corrected chi connectivity index (χ4v) is 2.41. The molecule has 3 rings (SSSR count). The normalized spacial score (nSPS) is 10.4. The fourth-order valence-electron chi connectivity index (χ4n) is 2.41. The van der Waals surface area contributed by atoms with Crippen LogP contribution in [-0.2, 0) is 6.42 Å². The van der Waals surface area contributed by atoms with Crippen molar-refractivity contribution >= 4 is 29.2 Å². The topological polar surface area (TPSA) is 121 Å². The molecule has 1 heterocycles. The van der Waals surface area contributed by atoms with Crippen LogP contribution in [0, 0.1) is 0 Å². The van der Waals surface area contributed by atoms with Gasteiger partial charge in [0.15, 0.2) is 0 Å². The highest BCUT2D eigenvalue weighted by Gasteiger charge is 2.07.